The highest BCUT2D eigenvalue weighted by Gasteiger charge is 2.36. The second-order valence-corrected chi connectivity index (χ2v) is 6.76. The van der Waals surface area contributed by atoms with Gasteiger partial charge in [-0.05, 0) is 50.2 Å². The van der Waals surface area contributed by atoms with E-state index in [9.17, 15) is 9.59 Å². The summed E-state index contributed by atoms with van der Waals surface area (Å²) in [7, 11) is 1.59. The number of amides is 2. The summed E-state index contributed by atoms with van der Waals surface area (Å²) in [6, 6.07) is 14.5. The Hall–Kier alpha value is -3.02. The number of nitrogens with one attached hydrogen (secondary N) is 1. The second-order valence-electron chi connectivity index (χ2n) is 6.76. The number of hydrogen-bond donors (Lipinski definition) is 1. The third kappa shape index (κ3) is 4.39. The van der Waals surface area contributed by atoms with Crippen LogP contribution in [0.15, 0.2) is 48.5 Å². The van der Waals surface area contributed by atoms with Gasteiger partial charge in [0.05, 0.1) is 24.8 Å². The van der Waals surface area contributed by atoms with Crippen LogP contribution in [-0.2, 0) is 9.59 Å². The monoisotopic (exact) mass is 368 g/mol. The molecule has 0 spiro atoms. The molecule has 6 heteroatoms. The molecule has 3 rings (SSSR count). The van der Waals surface area contributed by atoms with Crippen molar-refractivity contribution in [1.29, 1.82) is 0 Å². The third-order valence-corrected chi connectivity index (χ3v) is 4.37. The molecule has 142 valence electrons. The maximum absolute atomic E-state index is 12.6. The highest BCUT2D eigenvalue weighted by molar-refractivity contribution is 6.04. The van der Waals surface area contributed by atoms with E-state index in [0.29, 0.717) is 23.7 Å². The normalized spacial score (nSPS) is 16.5. The molecule has 27 heavy (non-hydrogen) atoms. The topological polar surface area (TPSA) is 67.9 Å². The van der Waals surface area contributed by atoms with Gasteiger partial charge >= 0.3 is 0 Å². The van der Waals surface area contributed by atoms with Crippen LogP contribution in [0.25, 0.3) is 0 Å². The van der Waals surface area contributed by atoms with Crippen molar-refractivity contribution in [3.8, 4) is 11.5 Å². The van der Waals surface area contributed by atoms with E-state index in [-0.39, 0.29) is 24.3 Å². The molecule has 1 atom stereocenters. The molecule has 2 amide bonds. The molecular weight excluding hydrogens is 344 g/mol. The van der Waals surface area contributed by atoms with Crippen LogP contribution in [0.1, 0.15) is 20.3 Å². The molecule has 1 aliphatic heterocycles. The van der Waals surface area contributed by atoms with E-state index in [2.05, 4.69) is 5.32 Å². The molecule has 0 aromatic heterocycles. The van der Waals surface area contributed by atoms with E-state index < -0.39 is 5.92 Å². The Kier molecular flexibility index (Phi) is 5.64. The number of methoxy groups -OCH3 is 1. The molecule has 2 aromatic carbocycles. The van der Waals surface area contributed by atoms with Crippen molar-refractivity contribution >= 4 is 23.2 Å². The minimum absolute atomic E-state index is 0.00183. The Morgan fingerprint density at radius 1 is 1.15 bits per heavy atom. The minimum atomic E-state index is -0.410. The third-order valence-electron chi connectivity index (χ3n) is 4.37. The van der Waals surface area contributed by atoms with Gasteiger partial charge in [0.2, 0.25) is 11.8 Å². The van der Waals surface area contributed by atoms with Crippen LogP contribution < -0.4 is 19.7 Å². The zero-order valence-electron chi connectivity index (χ0n) is 15.8. The van der Waals surface area contributed by atoms with E-state index in [1.807, 2.05) is 38.1 Å². The fourth-order valence-electron chi connectivity index (χ4n) is 3.07. The van der Waals surface area contributed by atoms with Gasteiger partial charge in [0.25, 0.3) is 0 Å². The lowest BCUT2D eigenvalue weighted by Crippen LogP contribution is -2.28. The van der Waals surface area contributed by atoms with E-state index in [4.69, 9.17) is 9.47 Å². The lowest BCUT2D eigenvalue weighted by atomic mass is 10.1. The molecular formula is C21H24N2O4. The largest absolute Gasteiger partial charge is 0.497 e. The van der Waals surface area contributed by atoms with Gasteiger partial charge in [-0.3, -0.25) is 9.59 Å². The summed E-state index contributed by atoms with van der Waals surface area (Å²) >= 11 is 0. The van der Waals surface area contributed by atoms with Crippen molar-refractivity contribution < 1.29 is 19.1 Å². The maximum Gasteiger partial charge on any atom is 0.229 e. The SMILES string of the molecule is COc1ccc(NC(=O)C2CC(=O)N(c3ccccc3OC(C)C)C2)cc1. The first-order valence-electron chi connectivity index (χ1n) is 8.99. The predicted molar refractivity (Wildman–Crippen MR) is 104 cm³/mol. The zero-order chi connectivity index (χ0) is 19.4. The van der Waals surface area contributed by atoms with Crippen molar-refractivity contribution in [2.75, 3.05) is 23.9 Å². The van der Waals surface area contributed by atoms with Crippen LogP contribution in [0.5, 0.6) is 11.5 Å². The van der Waals surface area contributed by atoms with Gasteiger partial charge in [-0.1, -0.05) is 12.1 Å². The summed E-state index contributed by atoms with van der Waals surface area (Å²) in [5, 5.41) is 2.87. The van der Waals surface area contributed by atoms with Crippen molar-refractivity contribution in [3.63, 3.8) is 0 Å². The van der Waals surface area contributed by atoms with Crippen LogP contribution in [0.2, 0.25) is 0 Å². The summed E-state index contributed by atoms with van der Waals surface area (Å²) < 4.78 is 10.9. The quantitative estimate of drug-likeness (QED) is 0.848. The Morgan fingerprint density at radius 2 is 1.85 bits per heavy atom. The van der Waals surface area contributed by atoms with E-state index in [1.54, 1.807) is 36.3 Å². The van der Waals surface area contributed by atoms with Crippen molar-refractivity contribution in [1.82, 2.24) is 0 Å². The number of nitrogens with zero attached hydrogens (tertiary/aromatic N) is 1. The Morgan fingerprint density at radius 3 is 2.52 bits per heavy atom. The lowest BCUT2D eigenvalue weighted by Gasteiger charge is -2.21. The van der Waals surface area contributed by atoms with Gasteiger partial charge in [0, 0.05) is 18.7 Å². The van der Waals surface area contributed by atoms with E-state index in [0.717, 1.165) is 5.75 Å². The number of carbonyl (C=O) groups is 2. The average Bonchev–Trinajstić information content (AvgIpc) is 3.04. The molecule has 1 heterocycles. The second kappa shape index (κ2) is 8.12. The summed E-state index contributed by atoms with van der Waals surface area (Å²) in [5.74, 6) is 0.712. The molecule has 0 saturated carbocycles. The Labute approximate surface area is 159 Å². The molecule has 0 radical (unpaired) electrons. The highest BCUT2D eigenvalue weighted by atomic mass is 16.5. The first-order valence-corrected chi connectivity index (χ1v) is 8.99. The van der Waals surface area contributed by atoms with Crippen molar-refractivity contribution in [2.45, 2.75) is 26.4 Å². The first-order chi connectivity index (χ1) is 13.0. The molecule has 1 N–H and O–H groups in total. The van der Waals surface area contributed by atoms with Gasteiger partial charge in [0.1, 0.15) is 11.5 Å². The van der Waals surface area contributed by atoms with Gasteiger partial charge in [-0.25, -0.2) is 0 Å². The molecule has 1 saturated heterocycles. The van der Waals surface area contributed by atoms with Crippen LogP contribution >= 0.6 is 0 Å². The van der Waals surface area contributed by atoms with Crippen LogP contribution in [0.4, 0.5) is 11.4 Å². The molecule has 1 unspecified atom stereocenters. The smallest absolute Gasteiger partial charge is 0.229 e. The number of carbonyl (C=O) groups excluding carboxylic acids is 2. The number of rotatable bonds is 6. The number of hydrogen-bond acceptors (Lipinski definition) is 4. The van der Waals surface area contributed by atoms with Crippen LogP contribution in [-0.4, -0.2) is 31.6 Å². The molecule has 0 bridgehead atoms. The van der Waals surface area contributed by atoms with Gasteiger partial charge in [-0.2, -0.15) is 0 Å². The van der Waals surface area contributed by atoms with Crippen molar-refractivity contribution in [3.05, 3.63) is 48.5 Å². The van der Waals surface area contributed by atoms with Crippen LogP contribution in [0.3, 0.4) is 0 Å². The number of ether oxygens (including phenoxy) is 2. The summed E-state index contributed by atoms with van der Waals surface area (Å²) in [5.41, 5.74) is 1.38. The number of para-hydroxylation sites is 2. The summed E-state index contributed by atoms with van der Waals surface area (Å²) in [4.78, 5) is 26.8. The molecule has 0 aliphatic carbocycles. The predicted octanol–water partition coefficient (Wildman–Crippen LogP) is 3.47. The fraction of sp³-hybridized carbons (Fsp3) is 0.333. The molecule has 6 nitrogen and oxygen atoms in total. The molecule has 1 fully saturated rings. The lowest BCUT2D eigenvalue weighted by molar-refractivity contribution is -0.122. The van der Waals surface area contributed by atoms with Gasteiger partial charge in [0.15, 0.2) is 0 Å². The van der Waals surface area contributed by atoms with Crippen LogP contribution in [0, 0.1) is 5.92 Å². The first kappa shape index (κ1) is 18.8. The molecule has 2 aromatic rings. The Bertz CT molecular complexity index is 817. The standard InChI is InChI=1S/C21H24N2O4/c1-14(2)27-19-7-5-4-6-18(19)23-13-15(12-20(23)24)21(25)22-16-8-10-17(26-3)11-9-16/h4-11,14-15H,12-13H2,1-3H3,(H,22,25). The number of benzene rings is 2. The summed E-state index contributed by atoms with van der Waals surface area (Å²) in [6.45, 7) is 4.21. The van der Waals surface area contributed by atoms with Gasteiger partial charge in [-0.15, -0.1) is 0 Å². The Balaban J connectivity index is 1.70. The van der Waals surface area contributed by atoms with E-state index in [1.165, 1.54) is 0 Å². The highest BCUT2D eigenvalue weighted by Crippen LogP contribution is 2.34. The molecule has 1 aliphatic rings. The number of anilines is 2. The maximum atomic E-state index is 12.6. The van der Waals surface area contributed by atoms with Crippen molar-refractivity contribution in [2.24, 2.45) is 5.92 Å². The fourth-order valence-corrected chi connectivity index (χ4v) is 3.07. The average molecular weight is 368 g/mol. The minimum Gasteiger partial charge on any atom is -0.497 e. The van der Waals surface area contributed by atoms with E-state index >= 15 is 0 Å². The summed E-state index contributed by atoms with van der Waals surface area (Å²) in [6.07, 6.45) is 0.177. The van der Waals surface area contributed by atoms with Gasteiger partial charge < -0.3 is 19.7 Å². The zero-order valence-corrected chi connectivity index (χ0v) is 15.8.